The van der Waals surface area contributed by atoms with Gasteiger partial charge >= 0.3 is 0 Å². The van der Waals surface area contributed by atoms with Gasteiger partial charge in [0.2, 0.25) is 5.91 Å². The second kappa shape index (κ2) is 3.66. The van der Waals surface area contributed by atoms with Crippen LogP contribution in [-0.2, 0) is 4.79 Å². The molecular weight excluding hydrogens is 164 g/mol. The fraction of sp³-hybridized carbons (Fsp3) is 0.900. The summed E-state index contributed by atoms with van der Waals surface area (Å²) in [6.07, 6.45) is 6.85. The van der Waals surface area contributed by atoms with E-state index in [2.05, 4.69) is 0 Å². The number of amides is 1. The molecule has 3 nitrogen and oxygen atoms in total. The molecule has 0 radical (unpaired) electrons. The smallest absolute Gasteiger partial charge is 0.224 e. The Morgan fingerprint density at radius 1 is 1.23 bits per heavy atom. The molecule has 2 rings (SSSR count). The van der Waals surface area contributed by atoms with Crippen LogP contribution in [0.2, 0.25) is 0 Å². The van der Waals surface area contributed by atoms with Gasteiger partial charge in [-0.05, 0) is 12.8 Å². The third-order valence-electron chi connectivity index (χ3n) is 3.20. The molecule has 2 aliphatic rings. The molecule has 1 unspecified atom stereocenters. The fourth-order valence-corrected chi connectivity index (χ4v) is 2.51. The standard InChI is InChI=1S/C10H18N2O/c11-8-6-10(13)12(7-8)9-4-2-1-3-5-9/h8-9H,1-7,11H2. The van der Waals surface area contributed by atoms with Gasteiger partial charge in [0.1, 0.15) is 0 Å². The predicted molar refractivity (Wildman–Crippen MR) is 51.2 cm³/mol. The molecule has 0 aromatic carbocycles. The molecule has 0 aromatic heterocycles. The topological polar surface area (TPSA) is 46.3 Å². The zero-order valence-corrected chi connectivity index (χ0v) is 8.04. The number of carbonyl (C=O) groups is 1. The normalized spacial score (nSPS) is 31.3. The van der Waals surface area contributed by atoms with Crippen LogP contribution in [0.15, 0.2) is 0 Å². The molecule has 1 aliphatic heterocycles. The summed E-state index contributed by atoms with van der Waals surface area (Å²) >= 11 is 0. The van der Waals surface area contributed by atoms with E-state index in [4.69, 9.17) is 5.73 Å². The van der Waals surface area contributed by atoms with Crippen molar-refractivity contribution in [3.05, 3.63) is 0 Å². The Kier molecular flexibility index (Phi) is 2.54. The zero-order valence-electron chi connectivity index (χ0n) is 8.04. The lowest BCUT2D eigenvalue weighted by Crippen LogP contribution is -2.39. The highest BCUT2D eigenvalue weighted by atomic mass is 16.2. The average molecular weight is 182 g/mol. The van der Waals surface area contributed by atoms with Crippen molar-refractivity contribution in [2.45, 2.75) is 50.6 Å². The first-order valence-corrected chi connectivity index (χ1v) is 5.32. The number of likely N-dealkylation sites (tertiary alicyclic amines) is 1. The lowest BCUT2D eigenvalue weighted by molar-refractivity contribution is -0.130. The molecule has 1 saturated carbocycles. The summed E-state index contributed by atoms with van der Waals surface area (Å²) in [7, 11) is 0. The van der Waals surface area contributed by atoms with Crippen LogP contribution in [-0.4, -0.2) is 29.4 Å². The third-order valence-corrected chi connectivity index (χ3v) is 3.20. The molecule has 13 heavy (non-hydrogen) atoms. The first-order chi connectivity index (χ1) is 6.27. The van der Waals surface area contributed by atoms with Gasteiger partial charge in [-0.25, -0.2) is 0 Å². The van der Waals surface area contributed by atoms with Crippen LogP contribution in [0.5, 0.6) is 0 Å². The summed E-state index contributed by atoms with van der Waals surface area (Å²) in [4.78, 5) is 13.5. The van der Waals surface area contributed by atoms with Gasteiger partial charge in [0, 0.05) is 25.0 Å². The van der Waals surface area contributed by atoms with Crippen LogP contribution in [0.4, 0.5) is 0 Å². The summed E-state index contributed by atoms with van der Waals surface area (Å²) in [6.45, 7) is 0.795. The molecule has 1 heterocycles. The molecule has 1 aliphatic carbocycles. The maximum Gasteiger partial charge on any atom is 0.224 e. The molecule has 0 bridgehead atoms. The first kappa shape index (κ1) is 9.00. The van der Waals surface area contributed by atoms with Gasteiger partial charge in [-0.3, -0.25) is 4.79 Å². The van der Waals surface area contributed by atoms with E-state index in [0.717, 1.165) is 6.54 Å². The lowest BCUT2D eigenvalue weighted by atomic mass is 9.94. The van der Waals surface area contributed by atoms with Crippen LogP contribution in [0.1, 0.15) is 38.5 Å². The number of carbonyl (C=O) groups excluding carboxylic acids is 1. The Bertz CT molecular complexity index is 199. The van der Waals surface area contributed by atoms with Crippen molar-refractivity contribution in [2.75, 3.05) is 6.54 Å². The summed E-state index contributed by atoms with van der Waals surface area (Å²) < 4.78 is 0. The van der Waals surface area contributed by atoms with Gasteiger partial charge in [0.25, 0.3) is 0 Å². The van der Waals surface area contributed by atoms with Crippen molar-refractivity contribution < 1.29 is 4.79 Å². The molecule has 2 fully saturated rings. The van der Waals surface area contributed by atoms with Gasteiger partial charge in [0.15, 0.2) is 0 Å². The maximum absolute atomic E-state index is 11.5. The van der Waals surface area contributed by atoms with Crippen molar-refractivity contribution in [2.24, 2.45) is 5.73 Å². The van der Waals surface area contributed by atoms with Gasteiger partial charge in [0.05, 0.1) is 0 Å². The van der Waals surface area contributed by atoms with Gasteiger partial charge in [-0.15, -0.1) is 0 Å². The maximum atomic E-state index is 11.5. The number of hydrogen-bond acceptors (Lipinski definition) is 2. The van der Waals surface area contributed by atoms with Crippen LogP contribution in [0.25, 0.3) is 0 Å². The molecule has 2 N–H and O–H groups in total. The van der Waals surface area contributed by atoms with Gasteiger partial charge < -0.3 is 10.6 Å². The molecule has 74 valence electrons. The second-order valence-corrected chi connectivity index (χ2v) is 4.30. The Morgan fingerprint density at radius 2 is 1.92 bits per heavy atom. The highest BCUT2D eigenvalue weighted by molar-refractivity contribution is 5.79. The Balaban J connectivity index is 1.95. The third kappa shape index (κ3) is 1.85. The van der Waals surface area contributed by atoms with E-state index in [9.17, 15) is 4.79 Å². The molecule has 3 heteroatoms. The van der Waals surface area contributed by atoms with Gasteiger partial charge in [-0.2, -0.15) is 0 Å². The van der Waals surface area contributed by atoms with E-state index in [1.165, 1.54) is 32.1 Å². The Labute approximate surface area is 79.3 Å². The summed E-state index contributed by atoms with van der Waals surface area (Å²) in [5, 5.41) is 0. The van der Waals surface area contributed by atoms with E-state index >= 15 is 0 Å². The number of nitrogens with zero attached hydrogens (tertiary/aromatic N) is 1. The molecule has 1 atom stereocenters. The van der Waals surface area contributed by atoms with E-state index in [1.807, 2.05) is 4.90 Å². The quantitative estimate of drug-likeness (QED) is 0.654. The Morgan fingerprint density at radius 3 is 2.46 bits per heavy atom. The minimum Gasteiger partial charge on any atom is -0.338 e. The van der Waals surface area contributed by atoms with Gasteiger partial charge in [-0.1, -0.05) is 19.3 Å². The highest BCUT2D eigenvalue weighted by Gasteiger charge is 2.32. The van der Waals surface area contributed by atoms with Crippen molar-refractivity contribution in [1.29, 1.82) is 0 Å². The Hall–Kier alpha value is -0.570. The minimum absolute atomic E-state index is 0.0921. The molecule has 1 saturated heterocycles. The number of nitrogens with two attached hydrogens (primary N) is 1. The summed E-state index contributed by atoms with van der Waals surface area (Å²) in [6, 6.07) is 0.601. The van der Waals surface area contributed by atoms with Crippen molar-refractivity contribution in [3.8, 4) is 0 Å². The molecule has 0 spiro atoms. The number of hydrogen-bond donors (Lipinski definition) is 1. The van der Waals surface area contributed by atoms with E-state index in [0.29, 0.717) is 12.5 Å². The van der Waals surface area contributed by atoms with E-state index in [1.54, 1.807) is 0 Å². The second-order valence-electron chi connectivity index (χ2n) is 4.30. The zero-order chi connectivity index (χ0) is 9.26. The van der Waals surface area contributed by atoms with Crippen LogP contribution in [0, 0.1) is 0 Å². The molecule has 1 amide bonds. The SMILES string of the molecule is NC1CC(=O)N(C2CCCCC2)C1. The average Bonchev–Trinajstić information content (AvgIpc) is 2.47. The van der Waals surface area contributed by atoms with Crippen molar-refractivity contribution in [3.63, 3.8) is 0 Å². The monoisotopic (exact) mass is 182 g/mol. The summed E-state index contributed by atoms with van der Waals surface area (Å²) in [5.74, 6) is 0.277. The van der Waals surface area contributed by atoms with Crippen LogP contribution < -0.4 is 5.73 Å². The molecule has 0 aromatic rings. The highest BCUT2D eigenvalue weighted by Crippen LogP contribution is 2.25. The van der Waals surface area contributed by atoms with Crippen molar-refractivity contribution >= 4 is 5.91 Å². The lowest BCUT2D eigenvalue weighted by Gasteiger charge is -2.31. The largest absolute Gasteiger partial charge is 0.338 e. The van der Waals surface area contributed by atoms with E-state index in [-0.39, 0.29) is 11.9 Å². The number of rotatable bonds is 1. The van der Waals surface area contributed by atoms with Crippen LogP contribution >= 0.6 is 0 Å². The predicted octanol–water partition coefficient (Wildman–Crippen LogP) is 0.879. The molecular formula is C10H18N2O. The van der Waals surface area contributed by atoms with E-state index < -0.39 is 0 Å². The van der Waals surface area contributed by atoms with Crippen molar-refractivity contribution in [1.82, 2.24) is 4.90 Å². The summed E-state index contributed by atoms with van der Waals surface area (Å²) in [5.41, 5.74) is 5.76. The minimum atomic E-state index is 0.0921. The van der Waals surface area contributed by atoms with Crippen LogP contribution in [0.3, 0.4) is 0 Å². The fourth-order valence-electron chi connectivity index (χ4n) is 2.51. The first-order valence-electron chi connectivity index (χ1n) is 5.32.